The summed E-state index contributed by atoms with van der Waals surface area (Å²) in [5.74, 6) is 0. The lowest BCUT2D eigenvalue weighted by molar-refractivity contribution is 0.259. The fourth-order valence-electron chi connectivity index (χ4n) is 2.00. The third-order valence-corrected chi connectivity index (χ3v) is 2.86. The van der Waals surface area contributed by atoms with Crippen molar-refractivity contribution < 1.29 is 10.2 Å². The van der Waals surface area contributed by atoms with Gasteiger partial charge in [0.2, 0.25) is 0 Å². The van der Waals surface area contributed by atoms with Gasteiger partial charge in [0.15, 0.2) is 0 Å². The Kier molecular flexibility index (Phi) is 2.71. The predicted molar refractivity (Wildman–Crippen MR) is 60.5 cm³/mol. The number of aryl methyl sites for hydroxylation is 1. The molecule has 0 aliphatic heterocycles. The Bertz CT molecular complexity index is 489. The molecule has 2 aromatic rings. The highest BCUT2D eigenvalue weighted by Gasteiger charge is 2.08. The van der Waals surface area contributed by atoms with Crippen LogP contribution in [0, 0.1) is 6.92 Å². The molecule has 0 saturated heterocycles. The maximum absolute atomic E-state index is 9.28. The van der Waals surface area contributed by atoms with Crippen molar-refractivity contribution in [1.29, 1.82) is 0 Å². The monoisotopic (exact) mass is 202 g/mol. The lowest BCUT2D eigenvalue weighted by Gasteiger charge is -2.12. The van der Waals surface area contributed by atoms with Crippen molar-refractivity contribution in [3.63, 3.8) is 0 Å². The second kappa shape index (κ2) is 4.01. The topological polar surface area (TPSA) is 40.5 Å². The molecule has 0 aliphatic rings. The van der Waals surface area contributed by atoms with E-state index in [-0.39, 0.29) is 13.2 Å². The van der Waals surface area contributed by atoms with Crippen LogP contribution in [0.15, 0.2) is 30.3 Å². The fourth-order valence-corrected chi connectivity index (χ4v) is 2.00. The van der Waals surface area contributed by atoms with E-state index in [4.69, 9.17) is 0 Å². The fraction of sp³-hybridized carbons (Fsp3) is 0.231. The highest BCUT2D eigenvalue weighted by Crippen LogP contribution is 2.25. The first-order valence-electron chi connectivity index (χ1n) is 4.99. The Balaban J connectivity index is 2.81. The van der Waals surface area contributed by atoms with E-state index in [2.05, 4.69) is 0 Å². The van der Waals surface area contributed by atoms with Crippen molar-refractivity contribution in [2.75, 3.05) is 0 Å². The second-order valence-corrected chi connectivity index (χ2v) is 3.68. The van der Waals surface area contributed by atoms with E-state index in [1.807, 2.05) is 37.3 Å². The van der Waals surface area contributed by atoms with Crippen LogP contribution >= 0.6 is 0 Å². The summed E-state index contributed by atoms with van der Waals surface area (Å²) in [6.45, 7) is 1.93. The molecular formula is C13H14O2. The van der Waals surface area contributed by atoms with Gasteiger partial charge in [-0.2, -0.15) is 0 Å². The summed E-state index contributed by atoms with van der Waals surface area (Å²) in [7, 11) is 0. The highest BCUT2D eigenvalue weighted by molar-refractivity contribution is 5.87. The number of rotatable bonds is 2. The largest absolute Gasteiger partial charge is 0.392 e. The summed E-state index contributed by atoms with van der Waals surface area (Å²) in [6, 6.07) is 9.94. The molecule has 0 spiro atoms. The van der Waals surface area contributed by atoms with Gasteiger partial charge in [0, 0.05) is 0 Å². The third-order valence-electron chi connectivity index (χ3n) is 2.86. The van der Waals surface area contributed by atoms with Crippen LogP contribution in [0.25, 0.3) is 10.8 Å². The SMILES string of the molecule is Cc1c(CO)c(CO)cc2ccccc12. The summed E-state index contributed by atoms with van der Waals surface area (Å²) in [4.78, 5) is 0. The van der Waals surface area contributed by atoms with Crippen LogP contribution in [0.2, 0.25) is 0 Å². The number of hydrogen-bond donors (Lipinski definition) is 2. The van der Waals surface area contributed by atoms with E-state index < -0.39 is 0 Å². The van der Waals surface area contributed by atoms with Crippen LogP contribution in [0.4, 0.5) is 0 Å². The van der Waals surface area contributed by atoms with Gasteiger partial charge in [0.05, 0.1) is 13.2 Å². The third kappa shape index (κ3) is 1.62. The smallest absolute Gasteiger partial charge is 0.0688 e. The van der Waals surface area contributed by atoms with Crippen molar-refractivity contribution in [3.05, 3.63) is 47.0 Å². The summed E-state index contributed by atoms with van der Waals surface area (Å²) in [6.07, 6.45) is 0. The van der Waals surface area contributed by atoms with E-state index in [9.17, 15) is 10.2 Å². The minimum Gasteiger partial charge on any atom is -0.392 e. The average Bonchev–Trinajstić information content (AvgIpc) is 2.29. The minimum atomic E-state index is -0.0262. The summed E-state index contributed by atoms with van der Waals surface area (Å²) in [5.41, 5.74) is 2.71. The van der Waals surface area contributed by atoms with Crippen LogP contribution in [-0.2, 0) is 13.2 Å². The lowest BCUT2D eigenvalue weighted by Crippen LogP contribution is -1.98. The van der Waals surface area contributed by atoms with Crippen molar-refractivity contribution in [3.8, 4) is 0 Å². The molecule has 2 aromatic carbocycles. The van der Waals surface area contributed by atoms with Crippen molar-refractivity contribution in [1.82, 2.24) is 0 Å². The maximum Gasteiger partial charge on any atom is 0.0688 e. The molecule has 0 radical (unpaired) electrons. The van der Waals surface area contributed by atoms with Gasteiger partial charge >= 0.3 is 0 Å². The van der Waals surface area contributed by atoms with E-state index in [1.54, 1.807) is 0 Å². The van der Waals surface area contributed by atoms with Crippen molar-refractivity contribution in [2.45, 2.75) is 20.1 Å². The van der Waals surface area contributed by atoms with Gasteiger partial charge in [-0.1, -0.05) is 24.3 Å². The van der Waals surface area contributed by atoms with Crippen molar-refractivity contribution in [2.24, 2.45) is 0 Å². The molecular weight excluding hydrogens is 188 g/mol. The normalized spacial score (nSPS) is 10.9. The van der Waals surface area contributed by atoms with E-state index in [0.29, 0.717) is 0 Å². The highest BCUT2D eigenvalue weighted by atomic mass is 16.3. The van der Waals surface area contributed by atoms with E-state index >= 15 is 0 Å². The van der Waals surface area contributed by atoms with Crippen LogP contribution in [0.5, 0.6) is 0 Å². The quantitative estimate of drug-likeness (QED) is 0.783. The van der Waals surface area contributed by atoms with Gasteiger partial charge in [0.25, 0.3) is 0 Å². The Labute approximate surface area is 88.8 Å². The Morgan fingerprint density at radius 1 is 1.07 bits per heavy atom. The first-order valence-corrected chi connectivity index (χ1v) is 4.99. The first kappa shape index (κ1) is 10.1. The van der Waals surface area contributed by atoms with E-state index in [0.717, 1.165) is 27.5 Å². The Morgan fingerprint density at radius 2 is 1.80 bits per heavy atom. The molecule has 0 fully saturated rings. The summed E-state index contributed by atoms with van der Waals surface area (Å²) in [5, 5.41) is 20.7. The summed E-state index contributed by atoms with van der Waals surface area (Å²) < 4.78 is 0. The van der Waals surface area contributed by atoms with Crippen LogP contribution in [0.3, 0.4) is 0 Å². The molecule has 2 heteroatoms. The molecule has 0 saturated carbocycles. The minimum absolute atomic E-state index is 0.0213. The zero-order chi connectivity index (χ0) is 10.8. The number of aliphatic hydroxyl groups excluding tert-OH is 2. The van der Waals surface area contributed by atoms with Gasteiger partial charge in [0.1, 0.15) is 0 Å². The Hall–Kier alpha value is -1.38. The molecule has 2 rings (SSSR count). The first-order chi connectivity index (χ1) is 7.27. The predicted octanol–water partition coefficient (Wildman–Crippen LogP) is 2.13. The number of hydrogen-bond acceptors (Lipinski definition) is 2. The molecule has 78 valence electrons. The maximum atomic E-state index is 9.28. The lowest BCUT2D eigenvalue weighted by atomic mass is 9.96. The van der Waals surface area contributed by atoms with Gasteiger partial charge in [-0.25, -0.2) is 0 Å². The molecule has 0 heterocycles. The number of fused-ring (bicyclic) bond motifs is 1. The molecule has 0 amide bonds. The van der Waals surface area contributed by atoms with E-state index in [1.165, 1.54) is 0 Å². The van der Waals surface area contributed by atoms with Gasteiger partial charge in [-0.05, 0) is 40.5 Å². The van der Waals surface area contributed by atoms with Crippen LogP contribution in [0.1, 0.15) is 16.7 Å². The molecule has 2 nitrogen and oxygen atoms in total. The zero-order valence-electron chi connectivity index (χ0n) is 8.70. The van der Waals surface area contributed by atoms with Gasteiger partial charge in [-0.15, -0.1) is 0 Å². The standard InChI is InChI=1S/C13H14O2/c1-9-12-5-3-2-4-10(12)6-11(7-14)13(9)8-15/h2-6,14-15H,7-8H2,1H3. The summed E-state index contributed by atoms with van der Waals surface area (Å²) >= 11 is 0. The Morgan fingerprint density at radius 3 is 2.47 bits per heavy atom. The average molecular weight is 202 g/mol. The molecule has 0 unspecified atom stereocenters. The molecule has 0 aromatic heterocycles. The van der Waals surface area contributed by atoms with Gasteiger partial charge < -0.3 is 10.2 Å². The molecule has 2 N–H and O–H groups in total. The van der Waals surface area contributed by atoms with Gasteiger partial charge in [-0.3, -0.25) is 0 Å². The molecule has 15 heavy (non-hydrogen) atoms. The number of aliphatic hydroxyl groups is 2. The zero-order valence-corrected chi connectivity index (χ0v) is 8.70. The molecule has 0 atom stereocenters. The van der Waals surface area contributed by atoms with Crippen molar-refractivity contribution >= 4 is 10.8 Å². The number of benzene rings is 2. The second-order valence-electron chi connectivity index (χ2n) is 3.68. The molecule has 0 bridgehead atoms. The van der Waals surface area contributed by atoms with Crippen LogP contribution < -0.4 is 0 Å². The van der Waals surface area contributed by atoms with Crippen LogP contribution in [-0.4, -0.2) is 10.2 Å². The molecule has 0 aliphatic carbocycles.